The van der Waals surface area contributed by atoms with E-state index in [9.17, 15) is 14.0 Å². The predicted octanol–water partition coefficient (Wildman–Crippen LogP) is 4.25. The molecule has 164 valence electrons. The summed E-state index contributed by atoms with van der Waals surface area (Å²) < 4.78 is 15.0. The van der Waals surface area contributed by atoms with Gasteiger partial charge in [-0.1, -0.05) is 30.3 Å². The fraction of sp³-hybridized carbons (Fsp3) is 0.280. The standard InChI is InChI=1S/C25H25FN4O2/c26-20-8-6-17(7-9-20)13-29-14-18-12-19(16-29)23-11-10-22(24(31)30(23)15-18)28-25(32)27-21-4-2-1-3-5-21/h1-11,18-19H,12-16H2,(H2,27,28,32). The summed E-state index contributed by atoms with van der Waals surface area (Å²) >= 11 is 0. The van der Waals surface area contributed by atoms with Crippen molar-refractivity contribution in [3.05, 3.63) is 94.2 Å². The molecular formula is C25H25FN4O2. The molecule has 0 saturated carbocycles. The van der Waals surface area contributed by atoms with Gasteiger partial charge < -0.3 is 15.2 Å². The largest absolute Gasteiger partial charge is 0.323 e. The van der Waals surface area contributed by atoms with E-state index in [2.05, 4.69) is 15.5 Å². The molecule has 1 fully saturated rings. The SMILES string of the molecule is O=C(Nc1ccccc1)Nc1ccc2n(c1=O)CC1CC2CN(Cc2ccc(F)cc2)C1. The number of pyridine rings is 1. The lowest BCUT2D eigenvalue weighted by Crippen LogP contribution is -2.47. The van der Waals surface area contributed by atoms with Crippen LogP contribution in [0.2, 0.25) is 0 Å². The van der Waals surface area contributed by atoms with E-state index in [0.29, 0.717) is 18.2 Å². The molecule has 1 aromatic heterocycles. The summed E-state index contributed by atoms with van der Waals surface area (Å²) in [6.07, 6.45) is 1.06. The number of fused-ring (bicyclic) bond motifs is 4. The maximum absolute atomic E-state index is 13.2. The topological polar surface area (TPSA) is 66.4 Å². The van der Waals surface area contributed by atoms with Gasteiger partial charge >= 0.3 is 6.03 Å². The molecule has 3 aromatic rings. The number of benzene rings is 2. The average molecular weight is 432 g/mol. The number of likely N-dealkylation sites (tertiary alicyclic amines) is 1. The van der Waals surface area contributed by atoms with E-state index in [0.717, 1.165) is 37.3 Å². The number of hydrogen-bond acceptors (Lipinski definition) is 3. The summed E-state index contributed by atoms with van der Waals surface area (Å²) in [5.41, 5.74) is 2.90. The van der Waals surface area contributed by atoms with Gasteiger partial charge in [0.25, 0.3) is 5.56 Å². The Morgan fingerprint density at radius 2 is 1.72 bits per heavy atom. The summed E-state index contributed by atoms with van der Waals surface area (Å²) in [6, 6.07) is 19.0. The van der Waals surface area contributed by atoms with Crippen LogP contribution in [0.25, 0.3) is 0 Å². The Morgan fingerprint density at radius 1 is 0.938 bits per heavy atom. The van der Waals surface area contributed by atoms with E-state index in [1.54, 1.807) is 18.2 Å². The van der Waals surface area contributed by atoms with Crippen LogP contribution in [0.15, 0.2) is 71.5 Å². The molecule has 2 N–H and O–H groups in total. The summed E-state index contributed by atoms with van der Waals surface area (Å²) in [6.45, 7) is 3.16. The van der Waals surface area contributed by atoms with Gasteiger partial charge in [-0.05, 0) is 54.3 Å². The summed E-state index contributed by atoms with van der Waals surface area (Å²) in [5.74, 6) is 0.412. The van der Waals surface area contributed by atoms with Crippen molar-refractivity contribution in [3.63, 3.8) is 0 Å². The monoisotopic (exact) mass is 432 g/mol. The molecule has 2 aromatic carbocycles. The first-order valence-corrected chi connectivity index (χ1v) is 10.9. The highest BCUT2D eigenvalue weighted by Gasteiger charge is 2.35. The second kappa shape index (κ2) is 8.59. The van der Waals surface area contributed by atoms with E-state index in [-0.39, 0.29) is 23.0 Å². The zero-order valence-corrected chi connectivity index (χ0v) is 17.6. The number of aromatic nitrogens is 1. The molecule has 2 unspecified atom stereocenters. The lowest BCUT2D eigenvalue weighted by molar-refractivity contribution is 0.114. The number of halogens is 1. The molecular weight excluding hydrogens is 407 g/mol. The fourth-order valence-electron chi connectivity index (χ4n) is 4.92. The maximum atomic E-state index is 13.2. The van der Waals surface area contributed by atoms with E-state index < -0.39 is 6.03 Å². The smallest absolute Gasteiger partial charge is 0.310 e. The second-order valence-corrected chi connectivity index (χ2v) is 8.65. The van der Waals surface area contributed by atoms with Crippen LogP contribution in [0, 0.1) is 11.7 Å². The van der Waals surface area contributed by atoms with Gasteiger partial charge in [0.1, 0.15) is 11.5 Å². The van der Waals surface area contributed by atoms with Crippen LogP contribution < -0.4 is 16.2 Å². The van der Waals surface area contributed by atoms with E-state index in [4.69, 9.17) is 0 Å². The number of piperidine rings is 1. The van der Waals surface area contributed by atoms with Gasteiger partial charge in [0.15, 0.2) is 0 Å². The summed E-state index contributed by atoms with van der Waals surface area (Å²) in [7, 11) is 0. The average Bonchev–Trinajstić information content (AvgIpc) is 2.78. The quantitative estimate of drug-likeness (QED) is 0.648. The van der Waals surface area contributed by atoms with Crippen molar-refractivity contribution in [1.82, 2.24) is 9.47 Å². The van der Waals surface area contributed by atoms with Crippen molar-refractivity contribution >= 4 is 17.4 Å². The molecule has 5 rings (SSSR count). The number of carbonyl (C=O) groups is 1. The fourth-order valence-corrected chi connectivity index (χ4v) is 4.92. The number of nitrogens with one attached hydrogen (secondary N) is 2. The van der Waals surface area contributed by atoms with Crippen molar-refractivity contribution in [2.45, 2.75) is 25.4 Å². The third-order valence-corrected chi connectivity index (χ3v) is 6.28. The van der Waals surface area contributed by atoms with Crippen LogP contribution in [0.4, 0.5) is 20.6 Å². The number of carbonyl (C=O) groups excluding carboxylic acids is 1. The molecule has 2 aliphatic heterocycles. The van der Waals surface area contributed by atoms with Crippen LogP contribution in [-0.2, 0) is 13.1 Å². The summed E-state index contributed by atoms with van der Waals surface area (Å²) in [4.78, 5) is 27.8. The molecule has 2 amide bonds. The zero-order chi connectivity index (χ0) is 22.1. The lowest BCUT2D eigenvalue weighted by atomic mass is 9.83. The van der Waals surface area contributed by atoms with Gasteiger partial charge in [0.2, 0.25) is 0 Å². The lowest BCUT2D eigenvalue weighted by Gasteiger charge is -2.43. The van der Waals surface area contributed by atoms with Crippen LogP contribution in [0.1, 0.15) is 23.6 Å². The van der Waals surface area contributed by atoms with Gasteiger partial charge in [-0.25, -0.2) is 9.18 Å². The summed E-state index contributed by atoms with van der Waals surface area (Å²) in [5, 5.41) is 5.44. The predicted molar refractivity (Wildman–Crippen MR) is 122 cm³/mol. The highest BCUT2D eigenvalue weighted by molar-refractivity contribution is 5.99. The van der Waals surface area contributed by atoms with Crippen molar-refractivity contribution in [2.75, 3.05) is 23.7 Å². The Balaban J connectivity index is 1.30. The molecule has 1 saturated heterocycles. The van der Waals surface area contributed by atoms with Gasteiger partial charge in [-0.2, -0.15) is 0 Å². The maximum Gasteiger partial charge on any atom is 0.323 e. The Bertz CT molecular complexity index is 1180. The third-order valence-electron chi connectivity index (χ3n) is 6.28. The molecule has 0 radical (unpaired) electrons. The van der Waals surface area contributed by atoms with Crippen molar-refractivity contribution in [1.29, 1.82) is 0 Å². The number of rotatable bonds is 4. The van der Waals surface area contributed by atoms with Gasteiger partial charge in [-0.15, -0.1) is 0 Å². The number of amides is 2. The number of para-hydroxylation sites is 1. The van der Waals surface area contributed by atoms with Crippen molar-refractivity contribution in [2.24, 2.45) is 5.92 Å². The molecule has 3 heterocycles. The van der Waals surface area contributed by atoms with Crippen LogP contribution >= 0.6 is 0 Å². The molecule has 0 aliphatic carbocycles. The number of urea groups is 1. The minimum absolute atomic E-state index is 0.160. The first-order chi connectivity index (χ1) is 15.5. The van der Waals surface area contributed by atoms with Crippen molar-refractivity contribution < 1.29 is 9.18 Å². The Kier molecular flexibility index (Phi) is 5.49. The number of hydrogen-bond donors (Lipinski definition) is 2. The third kappa shape index (κ3) is 4.29. The van der Waals surface area contributed by atoms with E-state index in [1.165, 1.54) is 12.1 Å². The van der Waals surface area contributed by atoms with Gasteiger partial charge in [-0.3, -0.25) is 9.69 Å². The molecule has 2 aliphatic rings. The molecule has 7 heteroatoms. The van der Waals surface area contributed by atoms with Gasteiger partial charge in [0, 0.05) is 43.5 Å². The second-order valence-electron chi connectivity index (χ2n) is 8.65. The van der Waals surface area contributed by atoms with Crippen LogP contribution in [0.5, 0.6) is 0 Å². The van der Waals surface area contributed by atoms with Gasteiger partial charge in [0.05, 0.1) is 0 Å². The first kappa shape index (κ1) is 20.5. The molecule has 6 nitrogen and oxygen atoms in total. The minimum Gasteiger partial charge on any atom is -0.310 e. The Hall–Kier alpha value is -3.45. The van der Waals surface area contributed by atoms with Crippen LogP contribution in [0.3, 0.4) is 0 Å². The first-order valence-electron chi connectivity index (χ1n) is 10.9. The Morgan fingerprint density at radius 3 is 2.50 bits per heavy atom. The number of nitrogens with zero attached hydrogens (tertiary/aromatic N) is 2. The zero-order valence-electron chi connectivity index (χ0n) is 17.6. The normalized spacial score (nSPS) is 19.8. The molecule has 0 spiro atoms. The van der Waals surface area contributed by atoms with E-state index in [1.807, 2.05) is 41.0 Å². The molecule has 2 atom stereocenters. The minimum atomic E-state index is -0.435. The Labute approximate surface area is 185 Å². The van der Waals surface area contributed by atoms with E-state index >= 15 is 0 Å². The van der Waals surface area contributed by atoms with Crippen molar-refractivity contribution in [3.8, 4) is 0 Å². The molecule has 32 heavy (non-hydrogen) atoms. The highest BCUT2D eigenvalue weighted by Crippen LogP contribution is 2.36. The van der Waals surface area contributed by atoms with Crippen LogP contribution in [-0.4, -0.2) is 28.6 Å². The number of anilines is 2. The molecule has 2 bridgehead atoms. The highest BCUT2D eigenvalue weighted by atomic mass is 19.1.